The first-order chi connectivity index (χ1) is 14.1. The molecule has 0 aliphatic heterocycles. The molecule has 0 radical (unpaired) electrons. The van der Waals surface area contributed by atoms with Crippen LogP contribution in [0.15, 0.2) is 85.1 Å². The lowest BCUT2D eigenvalue weighted by molar-refractivity contribution is 0.101. The minimum absolute atomic E-state index is 0.196. The second-order valence-corrected chi connectivity index (χ2v) is 6.71. The monoisotopic (exact) mass is 381 g/mol. The predicted molar refractivity (Wildman–Crippen MR) is 115 cm³/mol. The molecule has 5 heteroatoms. The van der Waals surface area contributed by atoms with Crippen molar-refractivity contribution in [2.75, 3.05) is 10.6 Å². The molecule has 3 aromatic carbocycles. The number of pyridine rings is 1. The molecule has 0 saturated carbocycles. The Morgan fingerprint density at radius 1 is 0.759 bits per heavy atom. The van der Waals surface area contributed by atoms with Crippen LogP contribution in [0.1, 0.15) is 26.3 Å². The quantitative estimate of drug-likeness (QED) is 0.520. The number of anilines is 2. The lowest BCUT2D eigenvalue weighted by Crippen LogP contribution is -2.14. The molecule has 0 atom stereocenters. The Labute approximate surface area is 168 Å². The lowest BCUT2D eigenvalue weighted by atomic mass is 10.1. The van der Waals surface area contributed by atoms with Gasteiger partial charge in [0, 0.05) is 34.1 Å². The molecule has 29 heavy (non-hydrogen) atoms. The minimum atomic E-state index is -0.234. The minimum Gasteiger partial charge on any atom is -0.322 e. The number of aromatic nitrogens is 1. The van der Waals surface area contributed by atoms with E-state index < -0.39 is 0 Å². The summed E-state index contributed by atoms with van der Waals surface area (Å²) in [5.41, 5.74) is 4.01. The SMILES string of the molecule is Cc1ccc(NC(=O)c2ccc3cccnc3c2)cc1NC(=O)c1ccccc1. The van der Waals surface area contributed by atoms with Crippen LogP contribution in [0.25, 0.3) is 10.9 Å². The summed E-state index contributed by atoms with van der Waals surface area (Å²) in [7, 11) is 0. The number of hydrogen-bond acceptors (Lipinski definition) is 3. The average molecular weight is 381 g/mol. The van der Waals surface area contributed by atoms with Crippen molar-refractivity contribution in [3.8, 4) is 0 Å². The van der Waals surface area contributed by atoms with Gasteiger partial charge in [0.05, 0.1) is 5.52 Å². The van der Waals surface area contributed by atoms with Gasteiger partial charge in [-0.25, -0.2) is 0 Å². The number of hydrogen-bond donors (Lipinski definition) is 2. The number of carbonyl (C=O) groups excluding carboxylic acids is 2. The van der Waals surface area contributed by atoms with Gasteiger partial charge in [-0.15, -0.1) is 0 Å². The number of aryl methyl sites for hydroxylation is 1. The van der Waals surface area contributed by atoms with Crippen molar-refractivity contribution in [3.63, 3.8) is 0 Å². The fraction of sp³-hybridized carbons (Fsp3) is 0.0417. The number of amides is 2. The molecule has 142 valence electrons. The highest BCUT2D eigenvalue weighted by Crippen LogP contribution is 2.22. The highest BCUT2D eigenvalue weighted by molar-refractivity contribution is 6.07. The van der Waals surface area contributed by atoms with Gasteiger partial charge in [-0.3, -0.25) is 14.6 Å². The van der Waals surface area contributed by atoms with Gasteiger partial charge >= 0.3 is 0 Å². The van der Waals surface area contributed by atoms with E-state index in [0.717, 1.165) is 16.5 Å². The van der Waals surface area contributed by atoms with Gasteiger partial charge in [-0.2, -0.15) is 0 Å². The van der Waals surface area contributed by atoms with Crippen molar-refractivity contribution in [2.45, 2.75) is 6.92 Å². The van der Waals surface area contributed by atoms with E-state index in [0.29, 0.717) is 22.5 Å². The van der Waals surface area contributed by atoms with Crippen molar-refractivity contribution in [1.82, 2.24) is 4.98 Å². The van der Waals surface area contributed by atoms with E-state index in [1.165, 1.54) is 0 Å². The lowest BCUT2D eigenvalue weighted by Gasteiger charge is -2.12. The van der Waals surface area contributed by atoms with Gasteiger partial charge in [0.25, 0.3) is 11.8 Å². The highest BCUT2D eigenvalue weighted by atomic mass is 16.2. The Morgan fingerprint density at radius 3 is 2.38 bits per heavy atom. The van der Waals surface area contributed by atoms with Crippen LogP contribution >= 0.6 is 0 Å². The molecule has 4 rings (SSSR count). The molecule has 1 heterocycles. The summed E-state index contributed by atoms with van der Waals surface area (Å²) in [5, 5.41) is 6.77. The molecular weight excluding hydrogens is 362 g/mol. The van der Waals surface area contributed by atoms with Crippen molar-refractivity contribution in [1.29, 1.82) is 0 Å². The molecule has 0 spiro atoms. The first-order valence-electron chi connectivity index (χ1n) is 9.23. The Balaban J connectivity index is 1.53. The topological polar surface area (TPSA) is 71.1 Å². The van der Waals surface area contributed by atoms with Crippen LogP contribution in [0, 0.1) is 6.92 Å². The van der Waals surface area contributed by atoms with Crippen LogP contribution in [-0.2, 0) is 0 Å². The van der Waals surface area contributed by atoms with Crippen molar-refractivity contribution >= 4 is 34.1 Å². The van der Waals surface area contributed by atoms with Crippen LogP contribution in [-0.4, -0.2) is 16.8 Å². The van der Waals surface area contributed by atoms with Crippen molar-refractivity contribution < 1.29 is 9.59 Å². The van der Waals surface area contributed by atoms with Crippen LogP contribution in [0.4, 0.5) is 11.4 Å². The Morgan fingerprint density at radius 2 is 1.55 bits per heavy atom. The summed E-state index contributed by atoms with van der Waals surface area (Å²) in [6.07, 6.45) is 1.70. The van der Waals surface area contributed by atoms with Crippen LogP contribution in [0.2, 0.25) is 0 Å². The molecule has 0 bridgehead atoms. The molecular formula is C24H19N3O2. The molecule has 1 aromatic heterocycles. The van der Waals surface area contributed by atoms with Gasteiger partial charge in [-0.05, 0) is 55.0 Å². The maximum Gasteiger partial charge on any atom is 0.255 e. The summed E-state index contributed by atoms with van der Waals surface area (Å²) in [6.45, 7) is 1.90. The summed E-state index contributed by atoms with van der Waals surface area (Å²) >= 11 is 0. The van der Waals surface area contributed by atoms with Gasteiger partial charge < -0.3 is 10.6 Å². The number of carbonyl (C=O) groups is 2. The van der Waals surface area contributed by atoms with E-state index >= 15 is 0 Å². The Bertz CT molecular complexity index is 1200. The number of rotatable bonds is 4. The van der Waals surface area contributed by atoms with Gasteiger partial charge in [0.15, 0.2) is 0 Å². The largest absolute Gasteiger partial charge is 0.322 e. The zero-order valence-electron chi connectivity index (χ0n) is 15.8. The Kier molecular flexibility index (Phi) is 5.03. The summed E-state index contributed by atoms with van der Waals surface area (Å²) < 4.78 is 0. The second-order valence-electron chi connectivity index (χ2n) is 6.71. The smallest absolute Gasteiger partial charge is 0.255 e. The third kappa shape index (κ3) is 4.14. The molecule has 0 aliphatic carbocycles. The van der Waals surface area contributed by atoms with Gasteiger partial charge in [-0.1, -0.05) is 36.4 Å². The summed E-state index contributed by atoms with van der Waals surface area (Å²) in [4.78, 5) is 29.4. The van der Waals surface area contributed by atoms with E-state index in [4.69, 9.17) is 0 Å². The van der Waals surface area contributed by atoms with Gasteiger partial charge in [0.2, 0.25) is 0 Å². The van der Waals surface area contributed by atoms with E-state index in [1.807, 2.05) is 55.5 Å². The van der Waals surface area contributed by atoms with Crippen LogP contribution < -0.4 is 10.6 Å². The number of nitrogens with one attached hydrogen (secondary N) is 2. The average Bonchev–Trinajstić information content (AvgIpc) is 2.76. The molecule has 0 aliphatic rings. The third-order valence-corrected chi connectivity index (χ3v) is 4.65. The van der Waals surface area contributed by atoms with E-state index in [-0.39, 0.29) is 11.8 Å². The molecule has 0 unspecified atom stereocenters. The van der Waals surface area contributed by atoms with Crippen LogP contribution in [0.3, 0.4) is 0 Å². The number of benzene rings is 3. The maximum absolute atomic E-state index is 12.7. The van der Waals surface area contributed by atoms with E-state index in [9.17, 15) is 9.59 Å². The normalized spacial score (nSPS) is 10.5. The van der Waals surface area contributed by atoms with E-state index in [1.54, 1.807) is 36.5 Å². The maximum atomic E-state index is 12.7. The van der Waals surface area contributed by atoms with Crippen LogP contribution in [0.5, 0.6) is 0 Å². The fourth-order valence-corrected chi connectivity index (χ4v) is 3.03. The van der Waals surface area contributed by atoms with Crippen molar-refractivity contribution in [2.24, 2.45) is 0 Å². The molecule has 5 nitrogen and oxygen atoms in total. The molecule has 2 amide bonds. The third-order valence-electron chi connectivity index (χ3n) is 4.65. The van der Waals surface area contributed by atoms with Crippen molar-refractivity contribution in [3.05, 3.63) is 102 Å². The highest BCUT2D eigenvalue weighted by Gasteiger charge is 2.11. The fourth-order valence-electron chi connectivity index (χ4n) is 3.03. The first kappa shape index (κ1) is 18.4. The zero-order chi connectivity index (χ0) is 20.2. The molecule has 0 saturated heterocycles. The number of nitrogens with zero attached hydrogens (tertiary/aromatic N) is 1. The number of fused-ring (bicyclic) bond motifs is 1. The standard InChI is InChI=1S/C24H19N3O2/c1-16-9-12-20(15-21(16)27-23(28)18-6-3-2-4-7-18)26-24(29)19-11-10-17-8-5-13-25-22(17)14-19/h2-15H,1H3,(H,26,29)(H,27,28). The van der Waals surface area contributed by atoms with E-state index in [2.05, 4.69) is 15.6 Å². The Hall–Kier alpha value is -3.99. The zero-order valence-corrected chi connectivity index (χ0v) is 15.8. The first-order valence-corrected chi connectivity index (χ1v) is 9.23. The summed E-state index contributed by atoms with van der Waals surface area (Å²) in [5.74, 6) is -0.431. The van der Waals surface area contributed by atoms with Gasteiger partial charge in [0.1, 0.15) is 0 Å². The molecule has 2 N–H and O–H groups in total. The predicted octanol–water partition coefficient (Wildman–Crippen LogP) is 5.05. The summed E-state index contributed by atoms with van der Waals surface area (Å²) in [6, 6.07) is 23.6. The molecule has 4 aromatic rings. The second kappa shape index (κ2) is 7.94. The molecule has 0 fully saturated rings.